The van der Waals surface area contributed by atoms with Crippen LogP contribution in [0.4, 0.5) is 22.7 Å². The summed E-state index contributed by atoms with van der Waals surface area (Å²) in [5, 5.41) is 17.1. The molecule has 3 aromatic carbocycles. The minimum Gasteiger partial charge on any atom is -0.383 e. The molecule has 0 aromatic heterocycles. The number of hydrogen-bond donors (Lipinski definition) is 2. The van der Waals surface area contributed by atoms with E-state index in [1.54, 1.807) is 36.3 Å². The van der Waals surface area contributed by atoms with Crippen LogP contribution in [0.3, 0.4) is 0 Å². The Balaban J connectivity index is 1.65. The quantitative estimate of drug-likeness (QED) is 0.239. The van der Waals surface area contributed by atoms with Gasteiger partial charge in [-0.2, -0.15) is 0 Å². The number of nitrogens with one attached hydrogen (secondary N) is 2. The van der Waals surface area contributed by atoms with Crippen LogP contribution in [-0.2, 0) is 16.0 Å². The van der Waals surface area contributed by atoms with Crippen molar-refractivity contribution >= 4 is 34.6 Å². The number of nitro benzene ring substituents is 1. The van der Waals surface area contributed by atoms with Crippen molar-refractivity contribution in [3.8, 4) is 0 Å². The van der Waals surface area contributed by atoms with Crippen LogP contribution < -0.4 is 15.5 Å². The molecule has 3 rings (SSSR count). The number of anilines is 3. The van der Waals surface area contributed by atoms with E-state index in [-0.39, 0.29) is 23.6 Å². The van der Waals surface area contributed by atoms with Crippen LogP contribution in [0.2, 0.25) is 0 Å². The standard InChI is InChI=1S/C26H28N4O5/c1-3-29(22-7-5-4-6-8-22)25(31)17-19-9-12-21(13-10-19)28-26(32)20-11-14-23(27-15-16-35-2)24(18-20)30(33)34/h4-14,18,27H,3,15-17H2,1-2H3,(H,28,32). The number of rotatable bonds is 11. The van der Waals surface area contributed by atoms with Gasteiger partial charge < -0.3 is 20.3 Å². The largest absolute Gasteiger partial charge is 0.383 e. The maximum absolute atomic E-state index is 12.8. The van der Waals surface area contributed by atoms with Gasteiger partial charge in [0, 0.05) is 43.2 Å². The zero-order valence-corrected chi connectivity index (χ0v) is 19.7. The molecule has 0 radical (unpaired) electrons. The van der Waals surface area contributed by atoms with Gasteiger partial charge in [0.25, 0.3) is 11.6 Å². The maximum Gasteiger partial charge on any atom is 0.293 e. The molecule has 0 aliphatic rings. The smallest absolute Gasteiger partial charge is 0.293 e. The van der Waals surface area contributed by atoms with Crippen LogP contribution in [0.1, 0.15) is 22.8 Å². The van der Waals surface area contributed by atoms with Crippen molar-refractivity contribution in [2.75, 3.05) is 42.3 Å². The van der Waals surface area contributed by atoms with E-state index in [0.29, 0.717) is 31.1 Å². The number of nitro groups is 1. The lowest BCUT2D eigenvalue weighted by molar-refractivity contribution is -0.384. The molecular weight excluding hydrogens is 448 g/mol. The molecule has 2 N–H and O–H groups in total. The van der Waals surface area contributed by atoms with Crippen LogP contribution in [-0.4, -0.2) is 43.5 Å². The number of carbonyl (C=O) groups excluding carboxylic acids is 2. The van der Waals surface area contributed by atoms with Gasteiger partial charge in [0.2, 0.25) is 5.91 Å². The monoisotopic (exact) mass is 476 g/mol. The molecule has 0 unspecified atom stereocenters. The normalized spacial score (nSPS) is 10.5. The maximum atomic E-state index is 12.8. The summed E-state index contributed by atoms with van der Waals surface area (Å²) < 4.78 is 4.94. The van der Waals surface area contributed by atoms with Gasteiger partial charge in [-0.05, 0) is 48.9 Å². The van der Waals surface area contributed by atoms with Gasteiger partial charge >= 0.3 is 0 Å². The minimum absolute atomic E-state index is 0.0259. The molecule has 0 aliphatic heterocycles. The molecule has 0 heterocycles. The number of hydrogen-bond acceptors (Lipinski definition) is 6. The van der Waals surface area contributed by atoms with Gasteiger partial charge in [-0.1, -0.05) is 30.3 Å². The lowest BCUT2D eigenvalue weighted by Gasteiger charge is -2.21. The molecule has 0 saturated heterocycles. The van der Waals surface area contributed by atoms with Crippen LogP contribution in [0.25, 0.3) is 0 Å². The molecule has 0 spiro atoms. The van der Waals surface area contributed by atoms with E-state index in [1.807, 2.05) is 37.3 Å². The van der Waals surface area contributed by atoms with Crippen LogP contribution in [0.5, 0.6) is 0 Å². The van der Waals surface area contributed by atoms with Gasteiger partial charge in [0.05, 0.1) is 18.0 Å². The number of likely N-dealkylation sites (N-methyl/N-ethyl adjacent to an activating group) is 1. The Morgan fingerprint density at radius 3 is 2.37 bits per heavy atom. The summed E-state index contributed by atoms with van der Waals surface area (Å²) in [6, 6.07) is 20.7. The first-order chi connectivity index (χ1) is 16.9. The highest BCUT2D eigenvalue weighted by molar-refractivity contribution is 6.05. The summed E-state index contributed by atoms with van der Waals surface area (Å²) in [4.78, 5) is 38.1. The third kappa shape index (κ3) is 6.87. The van der Waals surface area contributed by atoms with E-state index < -0.39 is 10.8 Å². The summed E-state index contributed by atoms with van der Waals surface area (Å²) in [7, 11) is 1.54. The van der Waals surface area contributed by atoms with Crippen molar-refractivity contribution in [2.24, 2.45) is 0 Å². The number of para-hydroxylation sites is 1. The van der Waals surface area contributed by atoms with Crippen molar-refractivity contribution < 1.29 is 19.2 Å². The second-order valence-corrected chi connectivity index (χ2v) is 7.71. The number of nitrogens with zero attached hydrogens (tertiary/aromatic N) is 2. The Hall–Kier alpha value is -4.24. The van der Waals surface area contributed by atoms with Gasteiger partial charge in [-0.15, -0.1) is 0 Å². The topological polar surface area (TPSA) is 114 Å². The Morgan fingerprint density at radius 2 is 1.74 bits per heavy atom. The van der Waals surface area contributed by atoms with E-state index in [9.17, 15) is 19.7 Å². The van der Waals surface area contributed by atoms with E-state index >= 15 is 0 Å². The van der Waals surface area contributed by atoms with E-state index in [4.69, 9.17) is 4.74 Å². The molecular formula is C26H28N4O5. The van der Waals surface area contributed by atoms with Crippen LogP contribution >= 0.6 is 0 Å². The second-order valence-electron chi connectivity index (χ2n) is 7.71. The average Bonchev–Trinajstić information content (AvgIpc) is 2.86. The summed E-state index contributed by atoms with van der Waals surface area (Å²) in [6.07, 6.45) is 0.223. The van der Waals surface area contributed by atoms with Crippen molar-refractivity contribution in [1.29, 1.82) is 0 Å². The first-order valence-electron chi connectivity index (χ1n) is 11.2. The van der Waals surface area contributed by atoms with Crippen molar-refractivity contribution in [3.05, 3.63) is 94.0 Å². The molecule has 0 atom stereocenters. The number of benzene rings is 3. The number of ether oxygens (including phenoxy) is 1. The number of methoxy groups -OCH3 is 1. The fourth-order valence-electron chi connectivity index (χ4n) is 3.55. The zero-order valence-electron chi connectivity index (χ0n) is 19.7. The van der Waals surface area contributed by atoms with Crippen molar-refractivity contribution in [2.45, 2.75) is 13.3 Å². The average molecular weight is 477 g/mol. The molecule has 3 aromatic rings. The zero-order chi connectivity index (χ0) is 25.2. The number of amides is 2. The summed E-state index contributed by atoms with van der Waals surface area (Å²) >= 11 is 0. The fraction of sp³-hybridized carbons (Fsp3) is 0.231. The Morgan fingerprint density at radius 1 is 1.03 bits per heavy atom. The van der Waals surface area contributed by atoms with E-state index in [1.165, 1.54) is 18.2 Å². The first-order valence-corrected chi connectivity index (χ1v) is 11.2. The third-order valence-corrected chi connectivity index (χ3v) is 5.33. The van der Waals surface area contributed by atoms with Gasteiger partial charge in [-0.3, -0.25) is 19.7 Å². The Labute approximate surface area is 203 Å². The SMILES string of the molecule is CCN(C(=O)Cc1ccc(NC(=O)c2ccc(NCCOC)c([N+](=O)[O-])c2)cc1)c1ccccc1. The van der Waals surface area contributed by atoms with Crippen molar-refractivity contribution in [3.63, 3.8) is 0 Å². The van der Waals surface area contributed by atoms with E-state index in [0.717, 1.165) is 11.3 Å². The fourth-order valence-corrected chi connectivity index (χ4v) is 3.55. The van der Waals surface area contributed by atoms with Gasteiger partial charge in [-0.25, -0.2) is 0 Å². The molecule has 0 saturated carbocycles. The highest BCUT2D eigenvalue weighted by Crippen LogP contribution is 2.26. The second kappa shape index (κ2) is 12.3. The summed E-state index contributed by atoms with van der Waals surface area (Å²) in [5.74, 6) is -0.497. The molecule has 0 bridgehead atoms. The highest BCUT2D eigenvalue weighted by Gasteiger charge is 2.18. The van der Waals surface area contributed by atoms with E-state index in [2.05, 4.69) is 10.6 Å². The molecule has 9 heteroatoms. The van der Waals surface area contributed by atoms with Crippen molar-refractivity contribution in [1.82, 2.24) is 0 Å². The van der Waals surface area contributed by atoms with Gasteiger partial charge in [0.1, 0.15) is 5.69 Å². The molecule has 9 nitrogen and oxygen atoms in total. The summed E-state index contributed by atoms with van der Waals surface area (Å²) in [6.45, 7) is 3.28. The van der Waals surface area contributed by atoms with Crippen LogP contribution in [0, 0.1) is 10.1 Å². The minimum atomic E-state index is -0.535. The first kappa shape index (κ1) is 25.4. The van der Waals surface area contributed by atoms with Crippen LogP contribution in [0.15, 0.2) is 72.8 Å². The molecule has 0 fully saturated rings. The Bertz CT molecular complexity index is 1170. The molecule has 35 heavy (non-hydrogen) atoms. The molecule has 182 valence electrons. The predicted octanol–water partition coefficient (Wildman–Crippen LogP) is 4.50. The van der Waals surface area contributed by atoms with Gasteiger partial charge in [0.15, 0.2) is 0 Å². The predicted molar refractivity (Wildman–Crippen MR) is 136 cm³/mol. The highest BCUT2D eigenvalue weighted by atomic mass is 16.6. The molecule has 0 aliphatic carbocycles. The molecule has 2 amide bonds. The summed E-state index contributed by atoms with van der Waals surface area (Å²) in [5.41, 5.74) is 2.46. The third-order valence-electron chi connectivity index (χ3n) is 5.33. The Kier molecular flexibility index (Phi) is 8.91. The lowest BCUT2D eigenvalue weighted by Crippen LogP contribution is -2.31. The lowest BCUT2D eigenvalue weighted by atomic mass is 10.1. The number of carbonyl (C=O) groups is 2.